The van der Waals surface area contributed by atoms with Crippen LogP contribution in [0.25, 0.3) is 0 Å². The molecule has 0 aromatic heterocycles. The second-order valence-corrected chi connectivity index (χ2v) is 3.41. The Morgan fingerprint density at radius 3 is 2.08 bits per heavy atom. The Labute approximate surface area is 69.7 Å². The Kier molecular flexibility index (Phi) is 4.00. The van der Waals surface area contributed by atoms with Gasteiger partial charge in [0.2, 0.25) is 0 Å². The first-order valence-electron chi connectivity index (χ1n) is 2.62. The molecule has 0 aliphatic carbocycles. The summed E-state index contributed by atoms with van der Waals surface area (Å²) in [5.74, 6) is -3.83. The van der Waals surface area contributed by atoms with E-state index < -0.39 is 28.6 Å². The smallest absolute Gasteiger partial charge is 0.277 e. The molecule has 10 heteroatoms. The number of rotatable bonds is 4. The summed E-state index contributed by atoms with van der Waals surface area (Å²) in [6.45, 7) is -1.97. The van der Waals surface area contributed by atoms with E-state index in [2.05, 4.69) is 4.84 Å². The molecule has 0 saturated carbocycles. The van der Waals surface area contributed by atoms with Gasteiger partial charge in [0, 0.05) is 0 Å². The molecule has 0 heterocycles. The van der Waals surface area contributed by atoms with Gasteiger partial charge < -0.3 is 0 Å². The van der Waals surface area contributed by atoms with E-state index in [1.54, 1.807) is 0 Å². The fourth-order valence-electron chi connectivity index (χ4n) is 0.230. The number of hydrogen-bond donors (Lipinski definition) is 1. The molecule has 0 aromatic carbocycles. The number of hydrogen-bond acceptors (Lipinski definition) is 3. The molecule has 0 saturated heterocycles. The van der Waals surface area contributed by atoms with Crippen molar-refractivity contribution in [3.8, 4) is 0 Å². The number of halogens is 5. The molecule has 0 radical (unpaired) electrons. The van der Waals surface area contributed by atoms with Gasteiger partial charge in [-0.05, 0) is 0 Å². The van der Waals surface area contributed by atoms with Gasteiger partial charge in [0.05, 0.1) is 0 Å². The fraction of sp³-hybridized carbons (Fsp3) is 1.00. The van der Waals surface area contributed by atoms with Crippen molar-refractivity contribution in [1.29, 1.82) is 0 Å². The maximum Gasteiger partial charge on any atom is 0.413 e. The molecule has 0 unspecified atom stereocenters. The minimum absolute atomic E-state index is 0.617. The summed E-state index contributed by atoms with van der Waals surface area (Å²) >= 11 is 0. The first-order valence-corrected chi connectivity index (χ1v) is 4.17. The Balaban J connectivity index is 3.92. The van der Waals surface area contributed by atoms with Crippen LogP contribution in [0.2, 0.25) is 0 Å². The molecular formula is C3H4F5NO3S. The van der Waals surface area contributed by atoms with Crippen LogP contribution in [0.3, 0.4) is 0 Å². The van der Waals surface area contributed by atoms with Crippen LogP contribution in [-0.2, 0) is 14.9 Å². The van der Waals surface area contributed by atoms with Gasteiger partial charge in [-0.15, -0.1) is 0 Å². The van der Waals surface area contributed by atoms with Crippen LogP contribution >= 0.6 is 0 Å². The third kappa shape index (κ3) is 5.71. The van der Waals surface area contributed by atoms with Crippen LogP contribution in [0.5, 0.6) is 0 Å². The third-order valence-electron chi connectivity index (χ3n) is 0.645. The zero-order valence-corrected chi connectivity index (χ0v) is 6.62. The van der Waals surface area contributed by atoms with Crippen LogP contribution < -0.4 is 4.89 Å². The summed E-state index contributed by atoms with van der Waals surface area (Å²) < 4.78 is 76.8. The Hall–Kier alpha value is -0.480. The zero-order chi connectivity index (χ0) is 10.7. The minimum Gasteiger partial charge on any atom is -0.277 e. The van der Waals surface area contributed by atoms with Gasteiger partial charge in [-0.2, -0.15) is 22.0 Å². The van der Waals surface area contributed by atoms with Crippen molar-refractivity contribution in [2.24, 2.45) is 0 Å². The van der Waals surface area contributed by atoms with Crippen molar-refractivity contribution in [2.75, 3.05) is 6.61 Å². The van der Waals surface area contributed by atoms with Gasteiger partial charge in [-0.3, -0.25) is 4.84 Å². The van der Waals surface area contributed by atoms with E-state index in [0.717, 1.165) is 0 Å². The molecule has 1 N–H and O–H groups in total. The highest BCUT2D eigenvalue weighted by Gasteiger charge is 2.30. The van der Waals surface area contributed by atoms with Crippen LogP contribution in [0, 0.1) is 0 Å². The SMILES string of the molecule is O=S(=O)(NOCC(F)(F)F)C(F)F. The first kappa shape index (κ1) is 12.5. The topological polar surface area (TPSA) is 55.4 Å². The van der Waals surface area contributed by atoms with Crippen LogP contribution in [0.4, 0.5) is 22.0 Å². The summed E-state index contributed by atoms with van der Waals surface area (Å²) in [6, 6.07) is 0. The Bertz CT molecular complexity index is 246. The molecule has 0 fully saturated rings. The lowest BCUT2D eigenvalue weighted by molar-refractivity contribution is -0.181. The molecule has 0 rings (SSSR count). The predicted molar refractivity (Wildman–Crippen MR) is 30.1 cm³/mol. The van der Waals surface area contributed by atoms with Crippen molar-refractivity contribution >= 4 is 10.0 Å². The molecule has 13 heavy (non-hydrogen) atoms. The average molecular weight is 229 g/mol. The maximum absolute atomic E-state index is 11.4. The van der Waals surface area contributed by atoms with E-state index >= 15 is 0 Å². The van der Waals surface area contributed by atoms with Crippen LogP contribution in [-0.4, -0.2) is 27.0 Å². The van der Waals surface area contributed by atoms with Gasteiger partial charge in [0.1, 0.15) is 0 Å². The molecule has 0 bridgehead atoms. The minimum atomic E-state index is -5.13. The molecule has 4 nitrogen and oxygen atoms in total. The highest BCUT2D eigenvalue weighted by molar-refractivity contribution is 7.89. The van der Waals surface area contributed by atoms with E-state index in [1.165, 1.54) is 0 Å². The molecule has 80 valence electrons. The van der Waals surface area contributed by atoms with Gasteiger partial charge in [0.15, 0.2) is 6.61 Å². The summed E-state index contributed by atoms with van der Waals surface area (Å²) in [5, 5.41) is 0. The summed E-state index contributed by atoms with van der Waals surface area (Å²) in [5.41, 5.74) is 0. The lowest BCUT2D eigenvalue weighted by atomic mass is 10.7. The normalized spacial score (nSPS) is 13.7. The summed E-state index contributed by atoms with van der Waals surface area (Å²) in [6.07, 6.45) is -4.79. The second-order valence-electron chi connectivity index (χ2n) is 1.79. The molecule has 0 amide bonds. The molecule has 0 aliphatic rings. The first-order chi connectivity index (χ1) is 5.65. The standard InChI is InChI=1S/C3H4F5NO3S/c4-2(5)13(10,11)9-12-1-3(6,7)8/h2,9H,1H2. The maximum atomic E-state index is 11.4. The van der Waals surface area contributed by atoms with Crippen molar-refractivity contribution in [1.82, 2.24) is 4.89 Å². The Morgan fingerprint density at radius 1 is 1.31 bits per heavy atom. The van der Waals surface area contributed by atoms with Gasteiger partial charge in [0.25, 0.3) is 10.0 Å². The number of alkyl halides is 5. The van der Waals surface area contributed by atoms with E-state index in [9.17, 15) is 30.4 Å². The third-order valence-corrected chi connectivity index (χ3v) is 1.46. The zero-order valence-electron chi connectivity index (χ0n) is 5.81. The van der Waals surface area contributed by atoms with Gasteiger partial charge in [-0.25, -0.2) is 8.42 Å². The van der Waals surface area contributed by atoms with Gasteiger partial charge >= 0.3 is 11.9 Å². The lowest BCUT2D eigenvalue weighted by Crippen LogP contribution is -2.33. The Morgan fingerprint density at radius 2 is 1.77 bits per heavy atom. The van der Waals surface area contributed by atoms with Crippen LogP contribution in [0.1, 0.15) is 0 Å². The van der Waals surface area contributed by atoms with E-state index in [1.807, 2.05) is 0 Å². The largest absolute Gasteiger partial charge is 0.413 e. The molecule has 0 aromatic rings. The van der Waals surface area contributed by atoms with E-state index in [4.69, 9.17) is 0 Å². The molecule has 0 aliphatic heterocycles. The average Bonchev–Trinajstić information content (AvgIpc) is 1.82. The highest BCUT2D eigenvalue weighted by Crippen LogP contribution is 2.14. The number of nitrogens with one attached hydrogen (secondary N) is 1. The quantitative estimate of drug-likeness (QED) is 0.568. The van der Waals surface area contributed by atoms with Gasteiger partial charge in [-0.1, -0.05) is 4.89 Å². The van der Waals surface area contributed by atoms with Crippen molar-refractivity contribution in [3.05, 3.63) is 0 Å². The van der Waals surface area contributed by atoms with Crippen molar-refractivity contribution in [2.45, 2.75) is 11.9 Å². The van der Waals surface area contributed by atoms with Crippen molar-refractivity contribution < 1.29 is 35.2 Å². The summed E-state index contributed by atoms with van der Waals surface area (Å²) in [4.78, 5) is 3.90. The second kappa shape index (κ2) is 4.15. The summed E-state index contributed by atoms with van der Waals surface area (Å²) in [7, 11) is -5.13. The number of sulfonamides is 1. The van der Waals surface area contributed by atoms with E-state index in [0.29, 0.717) is 4.89 Å². The molecule has 0 atom stereocenters. The molecular weight excluding hydrogens is 225 g/mol. The highest BCUT2D eigenvalue weighted by atomic mass is 32.2. The predicted octanol–water partition coefficient (Wildman–Crippen LogP) is 0.622. The molecule has 0 spiro atoms. The monoisotopic (exact) mass is 229 g/mol. The van der Waals surface area contributed by atoms with E-state index in [-0.39, 0.29) is 0 Å². The van der Waals surface area contributed by atoms with Crippen molar-refractivity contribution in [3.63, 3.8) is 0 Å². The fourth-order valence-corrected chi connectivity index (χ4v) is 0.526. The lowest BCUT2D eigenvalue weighted by Gasteiger charge is -2.07. The van der Waals surface area contributed by atoms with Crippen LogP contribution in [0.15, 0.2) is 0 Å².